The Balaban J connectivity index is 1.58. The molecule has 2 heterocycles. The van der Waals surface area contributed by atoms with Gasteiger partial charge in [-0.05, 0) is 42.0 Å². The molecule has 0 saturated carbocycles. The second kappa shape index (κ2) is 10.7. The molecule has 4 rings (SSSR count). The minimum atomic E-state index is -4.74. The maximum Gasteiger partial charge on any atom is 0.416 e. The lowest BCUT2D eigenvalue weighted by Gasteiger charge is -2.11. The third-order valence-electron chi connectivity index (χ3n) is 5.93. The molecule has 0 fully saturated rings. The van der Waals surface area contributed by atoms with Crippen LogP contribution in [0.5, 0.6) is 5.75 Å². The van der Waals surface area contributed by atoms with Crippen LogP contribution in [0.3, 0.4) is 0 Å². The summed E-state index contributed by atoms with van der Waals surface area (Å²) in [5.41, 5.74) is -1.98. The summed E-state index contributed by atoms with van der Waals surface area (Å²) in [5.74, 6) is -0.647. The Morgan fingerprint density at radius 2 is 1.79 bits per heavy atom. The Bertz CT molecular complexity index is 1790. The molecule has 4 aromatic rings. The average molecular weight is 582 g/mol. The number of methoxy groups -OCH3 is 1. The lowest BCUT2D eigenvalue weighted by molar-refractivity contribution is -0.137. The van der Waals surface area contributed by atoms with Gasteiger partial charge >= 0.3 is 11.9 Å². The Morgan fingerprint density at radius 3 is 2.49 bits per heavy atom. The fourth-order valence-electron chi connectivity index (χ4n) is 3.84. The summed E-state index contributed by atoms with van der Waals surface area (Å²) in [4.78, 5) is 38.5. The van der Waals surface area contributed by atoms with E-state index in [0.717, 1.165) is 39.7 Å². The highest BCUT2D eigenvalue weighted by Gasteiger charge is 2.31. The van der Waals surface area contributed by atoms with Gasteiger partial charge in [-0.15, -0.1) is 11.3 Å². The normalized spacial score (nSPS) is 12.0. The molecule has 1 amide bonds. The van der Waals surface area contributed by atoms with Crippen LogP contribution in [0.2, 0.25) is 0 Å². The molecule has 1 N–H and O–H groups in total. The number of sulfone groups is 1. The van der Waals surface area contributed by atoms with Crippen molar-refractivity contribution in [2.75, 3.05) is 12.9 Å². The largest absolute Gasteiger partial charge is 0.497 e. The first-order chi connectivity index (χ1) is 18.3. The molecule has 0 aliphatic rings. The van der Waals surface area contributed by atoms with Crippen molar-refractivity contribution in [1.82, 2.24) is 14.5 Å². The predicted molar refractivity (Wildman–Crippen MR) is 139 cm³/mol. The summed E-state index contributed by atoms with van der Waals surface area (Å²) in [6.45, 7) is -0.409. The molecule has 0 saturated heterocycles. The summed E-state index contributed by atoms with van der Waals surface area (Å²) in [7, 11) is -1.37. The third kappa shape index (κ3) is 5.91. The number of carbonyl (C=O) groups excluding carboxylic acids is 1. The van der Waals surface area contributed by atoms with E-state index in [-0.39, 0.29) is 21.6 Å². The zero-order valence-electron chi connectivity index (χ0n) is 20.6. The Morgan fingerprint density at radius 1 is 1.08 bits per heavy atom. The third-order valence-corrected chi connectivity index (χ3v) is 8.83. The molecule has 0 aliphatic carbocycles. The average Bonchev–Trinajstić information content (AvgIpc) is 3.36. The van der Waals surface area contributed by atoms with Gasteiger partial charge in [0.25, 0.3) is 11.5 Å². The summed E-state index contributed by atoms with van der Waals surface area (Å²) in [5, 5.41) is 2.77. The van der Waals surface area contributed by atoms with E-state index in [0.29, 0.717) is 16.4 Å². The van der Waals surface area contributed by atoms with Crippen molar-refractivity contribution >= 4 is 37.3 Å². The number of halogens is 3. The number of aromatic nitrogens is 2. The smallest absolute Gasteiger partial charge is 0.416 e. The molecule has 0 bridgehead atoms. The molecule has 2 aromatic heterocycles. The maximum absolute atomic E-state index is 13.1. The molecule has 0 aliphatic heterocycles. The van der Waals surface area contributed by atoms with Crippen molar-refractivity contribution in [1.29, 1.82) is 0 Å². The zero-order valence-corrected chi connectivity index (χ0v) is 22.2. The van der Waals surface area contributed by atoms with Gasteiger partial charge in [-0.2, -0.15) is 13.2 Å². The van der Waals surface area contributed by atoms with Gasteiger partial charge in [0, 0.05) is 20.1 Å². The van der Waals surface area contributed by atoms with Gasteiger partial charge in [-0.1, -0.05) is 18.2 Å². The van der Waals surface area contributed by atoms with Crippen molar-refractivity contribution in [3.63, 3.8) is 0 Å². The van der Waals surface area contributed by atoms with Gasteiger partial charge < -0.3 is 10.1 Å². The van der Waals surface area contributed by atoms with Crippen LogP contribution in [-0.4, -0.2) is 36.3 Å². The standard InChI is InChI=1S/C25H22F3N3O6S2/c1-30-23-19(13-20(38-23)21(32)29-14-15-5-3-7-17(11-15)37-2)22(33)31(24(30)34)9-10-39(35,36)18-8-4-6-16(12-18)25(26,27)28/h3-8,11-13H,9-10,14H2,1-2H3,(H,29,32). The Labute approximate surface area is 224 Å². The monoisotopic (exact) mass is 581 g/mol. The SMILES string of the molecule is COc1cccc(CNC(=O)c2cc3c(=O)n(CCS(=O)(=O)c4cccc(C(F)(F)F)c4)c(=O)n(C)c3s2)c1. The summed E-state index contributed by atoms with van der Waals surface area (Å²) in [6, 6.07) is 11.6. The van der Waals surface area contributed by atoms with Crippen LogP contribution in [0.15, 0.2) is 69.1 Å². The van der Waals surface area contributed by atoms with Gasteiger partial charge in [0.05, 0.1) is 33.6 Å². The van der Waals surface area contributed by atoms with Crippen molar-refractivity contribution in [2.45, 2.75) is 24.2 Å². The summed E-state index contributed by atoms with van der Waals surface area (Å²) in [6.07, 6.45) is -4.74. The molecule has 0 unspecified atom stereocenters. The molecule has 206 valence electrons. The number of rotatable bonds is 8. The van der Waals surface area contributed by atoms with Crippen LogP contribution in [0.1, 0.15) is 20.8 Å². The van der Waals surface area contributed by atoms with Crippen LogP contribution < -0.4 is 21.3 Å². The first-order valence-electron chi connectivity index (χ1n) is 11.4. The number of aryl methyl sites for hydroxylation is 1. The highest BCUT2D eigenvalue weighted by molar-refractivity contribution is 7.91. The predicted octanol–water partition coefficient (Wildman–Crippen LogP) is 3.19. The molecule has 39 heavy (non-hydrogen) atoms. The number of fused-ring (bicyclic) bond motifs is 1. The number of carbonyl (C=O) groups is 1. The maximum atomic E-state index is 13.1. The quantitative estimate of drug-likeness (QED) is 0.342. The minimum Gasteiger partial charge on any atom is -0.497 e. The molecule has 0 radical (unpaired) electrons. The van der Waals surface area contributed by atoms with E-state index in [2.05, 4.69) is 5.32 Å². The van der Waals surface area contributed by atoms with Crippen LogP contribution >= 0.6 is 11.3 Å². The van der Waals surface area contributed by atoms with E-state index in [1.165, 1.54) is 20.2 Å². The van der Waals surface area contributed by atoms with Crippen LogP contribution in [0, 0.1) is 0 Å². The van der Waals surface area contributed by atoms with Crippen molar-refractivity contribution in [3.05, 3.63) is 91.4 Å². The van der Waals surface area contributed by atoms with E-state index >= 15 is 0 Å². The number of amides is 1. The van der Waals surface area contributed by atoms with Gasteiger partial charge in [0.15, 0.2) is 9.84 Å². The van der Waals surface area contributed by atoms with Gasteiger partial charge in [-0.3, -0.25) is 18.7 Å². The molecule has 0 spiro atoms. The van der Waals surface area contributed by atoms with E-state index in [1.54, 1.807) is 24.3 Å². The van der Waals surface area contributed by atoms with E-state index in [9.17, 15) is 36.0 Å². The number of nitrogens with one attached hydrogen (secondary N) is 1. The van der Waals surface area contributed by atoms with Crippen LogP contribution in [0.25, 0.3) is 10.2 Å². The molecule has 14 heteroatoms. The summed E-state index contributed by atoms with van der Waals surface area (Å²) < 4.78 is 71.5. The van der Waals surface area contributed by atoms with Crippen molar-refractivity contribution < 1.29 is 31.1 Å². The van der Waals surface area contributed by atoms with E-state index in [4.69, 9.17) is 4.74 Å². The number of hydrogen-bond donors (Lipinski definition) is 1. The highest BCUT2D eigenvalue weighted by atomic mass is 32.2. The van der Waals surface area contributed by atoms with Crippen LogP contribution in [-0.2, 0) is 36.2 Å². The van der Waals surface area contributed by atoms with E-state index in [1.807, 2.05) is 0 Å². The van der Waals surface area contributed by atoms with Gasteiger partial charge in [-0.25, -0.2) is 13.2 Å². The number of ether oxygens (including phenoxy) is 1. The molecular weight excluding hydrogens is 559 g/mol. The lowest BCUT2D eigenvalue weighted by atomic mass is 10.2. The Hall–Kier alpha value is -3.91. The second-order valence-corrected chi connectivity index (χ2v) is 11.6. The molecule has 2 aromatic carbocycles. The summed E-state index contributed by atoms with van der Waals surface area (Å²) >= 11 is 0.924. The number of alkyl halides is 3. The van der Waals surface area contributed by atoms with Crippen molar-refractivity contribution in [3.8, 4) is 5.75 Å². The number of benzene rings is 2. The number of nitrogens with zero attached hydrogens (tertiary/aromatic N) is 2. The fraction of sp³-hybridized carbons (Fsp3) is 0.240. The van der Waals surface area contributed by atoms with E-state index < -0.39 is 55.9 Å². The Kier molecular flexibility index (Phi) is 7.70. The second-order valence-electron chi connectivity index (χ2n) is 8.51. The molecular formula is C25H22F3N3O6S2. The number of thiophene rings is 1. The highest BCUT2D eigenvalue weighted by Crippen LogP contribution is 2.30. The number of hydrogen-bond acceptors (Lipinski definition) is 7. The zero-order chi connectivity index (χ0) is 28.5. The molecule has 0 atom stereocenters. The lowest BCUT2D eigenvalue weighted by Crippen LogP contribution is -2.40. The molecule has 9 nitrogen and oxygen atoms in total. The van der Waals surface area contributed by atoms with Crippen molar-refractivity contribution in [2.24, 2.45) is 7.05 Å². The first kappa shape index (κ1) is 28.1. The topological polar surface area (TPSA) is 116 Å². The fourth-order valence-corrected chi connectivity index (χ4v) is 6.11. The first-order valence-corrected chi connectivity index (χ1v) is 13.8. The van der Waals surface area contributed by atoms with Gasteiger partial charge in [0.2, 0.25) is 0 Å². The van der Waals surface area contributed by atoms with Gasteiger partial charge in [0.1, 0.15) is 10.6 Å². The minimum absolute atomic E-state index is 0.0325. The van der Waals surface area contributed by atoms with Crippen LogP contribution in [0.4, 0.5) is 13.2 Å².